The lowest BCUT2D eigenvalue weighted by atomic mass is 10.1. The molecule has 116 valence electrons. The molecule has 0 fully saturated rings. The Bertz CT molecular complexity index is 695. The van der Waals surface area contributed by atoms with Crippen LogP contribution in [0.15, 0.2) is 47.4 Å². The molecule has 1 aliphatic rings. The minimum Gasteiger partial charge on any atom is -0.316 e. The molecular formula is C18H21ClN2O. The molecule has 0 radical (unpaired) electrons. The highest BCUT2D eigenvalue weighted by Crippen LogP contribution is 2.32. The molecule has 0 bridgehead atoms. The van der Waals surface area contributed by atoms with Crippen LogP contribution in [0.5, 0.6) is 0 Å². The summed E-state index contributed by atoms with van der Waals surface area (Å²) in [4.78, 5) is 11.6. The lowest BCUT2D eigenvalue weighted by molar-refractivity contribution is 0.495. The van der Waals surface area contributed by atoms with Crippen molar-refractivity contribution in [3.8, 4) is 0 Å². The molecule has 22 heavy (non-hydrogen) atoms. The van der Waals surface area contributed by atoms with Gasteiger partial charge in [-0.15, -0.1) is 0 Å². The number of benzene rings is 1. The van der Waals surface area contributed by atoms with Gasteiger partial charge in [0.25, 0.3) is 0 Å². The number of rotatable bonds is 6. The molecule has 0 amide bonds. The van der Waals surface area contributed by atoms with Crippen molar-refractivity contribution < 1.29 is 0 Å². The van der Waals surface area contributed by atoms with Gasteiger partial charge in [0.2, 0.25) is 5.56 Å². The van der Waals surface area contributed by atoms with Gasteiger partial charge in [-0.3, -0.25) is 4.79 Å². The molecule has 3 nitrogen and oxygen atoms in total. The largest absolute Gasteiger partial charge is 0.316 e. The molecule has 1 N–H and O–H groups in total. The van der Waals surface area contributed by atoms with Crippen LogP contribution >= 0.6 is 11.6 Å². The Labute approximate surface area is 135 Å². The molecule has 0 aliphatic heterocycles. The van der Waals surface area contributed by atoms with E-state index in [1.807, 2.05) is 18.3 Å². The van der Waals surface area contributed by atoms with Gasteiger partial charge < -0.3 is 9.88 Å². The van der Waals surface area contributed by atoms with Gasteiger partial charge in [0.15, 0.2) is 0 Å². The summed E-state index contributed by atoms with van der Waals surface area (Å²) in [6.45, 7) is 1.77. The van der Waals surface area contributed by atoms with Gasteiger partial charge in [-0.2, -0.15) is 0 Å². The second kappa shape index (κ2) is 7.12. The predicted molar refractivity (Wildman–Crippen MR) is 90.5 cm³/mol. The Hall–Kier alpha value is -1.58. The van der Waals surface area contributed by atoms with Gasteiger partial charge in [0.05, 0.1) is 0 Å². The molecule has 0 saturated heterocycles. The minimum absolute atomic E-state index is 0.0806. The van der Waals surface area contributed by atoms with E-state index >= 15 is 0 Å². The van der Waals surface area contributed by atoms with Gasteiger partial charge >= 0.3 is 0 Å². The summed E-state index contributed by atoms with van der Waals surface area (Å²) in [5.41, 5.74) is 2.85. The van der Waals surface area contributed by atoms with Crippen LogP contribution in [0.3, 0.4) is 0 Å². The first-order valence-corrected chi connectivity index (χ1v) is 8.29. The molecule has 0 saturated carbocycles. The van der Waals surface area contributed by atoms with Crippen LogP contribution in [0.25, 0.3) is 0 Å². The number of pyridine rings is 1. The van der Waals surface area contributed by atoms with E-state index < -0.39 is 0 Å². The summed E-state index contributed by atoms with van der Waals surface area (Å²) in [6, 6.07) is 11.9. The molecular weight excluding hydrogens is 296 g/mol. The molecule has 1 aliphatic carbocycles. The summed E-state index contributed by atoms with van der Waals surface area (Å²) in [5.74, 6) is 0. The summed E-state index contributed by atoms with van der Waals surface area (Å²) < 4.78 is 1.77. The van der Waals surface area contributed by atoms with Gasteiger partial charge in [0, 0.05) is 29.9 Å². The van der Waals surface area contributed by atoms with E-state index in [4.69, 9.17) is 11.6 Å². The standard InChI is InChI=1S/C18H21ClN2O/c19-15-7-8-16-14(13-15)6-9-17(16)20-10-2-4-12-21-11-3-1-5-18(21)22/h1,3,5,7-8,11,13,17,20H,2,4,6,9-10,12H2/t17-/m0/s1. The van der Waals surface area contributed by atoms with E-state index in [1.165, 1.54) is 11.1 Å². The van der Waals surface area contributed by atoms with Crippen LogP contribution in [0, 0.1) is 0 Å². The van der Waals surface area contributed by atoms with E-state index in [9.17, 15) is 4.79 Å². The summed E-state index contributed by atoms with van der Waals surface area (Å²) in [5, 5.41) is 4.45. The third kappa shape index (κ3) is 3.60. The average Bonchev–Trinajstić information content (AvgIpc) is 2.91. The third-order valence-electron chi connectivity index (χ3n) is 4.30. The van der Waals surface area contributed by atoms with Crippen molar-refractivity contribution in [1.82, 2.24) is 9.88 Å². The van der Waals surface area contributed by atoms with Crippen molar-refractivity contribution in [2.24, 2.45) is 0 Å². The van der Waals surface area contributed by atoms with E-state index in [-0.39, 0.29) is 5.56 Å². The van der Waals surface area contributed by atoms with E-state index in [0.717, 1.165) is 43.8 Å². The highest BCUT2D eigenvalue weighted by atomic mass is 35.5. The Morgan fingerprint density at radius 1 is 1.23 bits per heavy atom. The molecule has 1 aromatic heterocycles. The Kier molecular flexibility index (Phi) is 4.96. The number of hydrogen-bond acceptors (Lipinski definition) is 2. The molecule has 0 unspecified atom stereocenters. The maximum Gasteiger partial charge on any atom is 0.250 e. The maximum absolute atomic E-state index is 11.6. The number of nitrogens with one attached hydrogen (secondary N) is 1. The van der Waals surface area contributed by atoms with Crippen LogP contribution in [0.2, 0.25) is 5.02 Å². The molecule has 1 aromatic carbocycles. The second-order valence-corrected chi connectivity index (χ2v) is 6.26. The number of aryl methyl sites for hydroxylation is 2. The SMILES string of the molecule is O=c1ccccn1CCCCN[C@H]1CCc2cc(Cl)ccc21. The van der Waals surface area contributed by atoms with Crippen LogP contribution < -0.4 is 10.9 Å². The van der Waals surface area contributed by atoms with Crippen LogP contribution in [0.1, 0.15) is 36.4 Å². The number of nitrogens with zero attached hydrogens (tertiary/aromatic N) is 1. The summed E-state index contributed by atoms with van der Waals surface area (Å²) in [6.07, 6.45) is 6.19. The van der Waals surface area contributed by atoms with Crippen LogP contribution in [-0.2, 0) is 13.0 Å². The van der Waals surface area contributed by atoms with E-state index in [0.29, 0.717) is 6.04 Å². The first-order chi connectivity index (χ1) is 10.7. The first-order valence-electron chi connectivity index (χ1n) is 7.91. The van der Waals surface area contributed by atoms with Gasteiger partial charge in [-0.25, -0.2) is 0 Å². The van der Waals surface area contributed by atoms with E-state index in [2.05, 4.69) is 17.4 Å². The molecule has 3 rings (SSSR count). The third-order valence-corrected chi connectivity index (χ3v) is 4.53. The van der Waals surface area contributed by atoms with Crippen molar-refractivity contribution in [1.29, 1.82) is 0 Å². The van der Waals surface area contributed by atoms with E-state index in [1.54, 1.807) is 16.7 Å². The zero-order valence-corrected chi connectivity index (χ0v) is 13.4. The normalized spacial score (nSPS) is 16.7. The Morgan fingerprint density at radius 2 is 2.14 bits per heavy atom. The van der Waals surface area contributed by atoms with Crippen molar-refractivity contribution >= 4 is 11.6 Å². The minimum atomic E-state index is 0.0806. The molecule has 2 aromatic rings. The fourth-order valence-corrected chi connectivity index (χ4v) is 3.32. The highest BCUT2D eigenvalue weighted by molar-refractivity contribution is 6.30. The van der Waals surface area contributed by atoms with Crippen LogP contribution in [0.4, 0.5) is 0 Å². The maximum atomic E-state index is 11.6. The predicted octanol–water partition coefficient (Wildman–Crippen LogP) is 3.56. The molecule has 0 spiro atoms. The Balaban J connectivity index is 1.44. The fourth-order valence-electron chi connectivity index (χ4n) is 3.13. The number of halogens is 1. The average molecular weight is 317 g/mol. The monoisotopic (exact) mass is 316 g/mol. The molecule has 1 atom stereocenters. The number of hydrogen-bond donors (Lipinski definition) is 1. The van der Waals surface area contributed by atoms with Gasteiger partial charge in [0.1, 0.15) is 0 Å². The second-order valence-electron chi connectivity index (χ2n) is 5.83. The summed E-state index contributed by atoms with van der Waals surface area (Å²) >= 11 is 6.04. The van der Waals surface area contributed by atoms with Crippen molar-refractivity contribution in [2.45, 2.75) is 38.3 Å². The zero-order chi connectivity index (χ0) is 15.4. The number of aromatic nitrogens is 1. The van der Waals surface area contributed by atoms with Crippen molar-refractivity contribution in [3.63, 3.8) is 0 Å². The fraction of sp³-hybridized carbons (Fsp3) is 0.389. The summed E-state index contributed by atoms with van der Waals surface area (Å²) in [7, 11) is 0. The topological polar surface area (TPSA) is 34.0 Å². The first kappa shape index (κ1) is 15.3. The number of unbranched alkanes of at least 4 members (excludes halogenated alkanes) is 1. The molecule has 4 heteroatoms. The Morgan fingerprint density at radius 3 is 3.00 bits per heavy atom. The van der Waals surface area contributed by atoms with Crippen molar-refractivity contribution in [2.75, 3.05) is 6.54 Å². The highest BCUT2D eigenvalue weighted by Gasteiger charge is 2.21. The van der Waals surface area contributed by atoms with Gasteiger partial charge in [-0.05, 0) is 61.6 Å². The molecule has 1 heterocycles. The lowest BCUT2D eigenvalue weighted by Crippen LogP contribution is -2.22. The van der Waals surface area contributed by atoms with Crippen molar-refractivity contribution in [3.05, 3.63) is 69.1 Å². The number of fused-ring (bicyclic) bond motifs is 1. The van der Waals surface area contributed by atoms with Gasteiger partial charge in [-0.1, -0.05) is 23.7 Å². The smallest absolute Gasteiger partial charge is 0.250 e. The van der Waals surface area contributed by atoms with Crippen LogP contribution in [-0.4, -0.2) is 11.1 Å². The zero-order valence-electron chi connectivity index (χ0n) is 12.6. The quantitative estimate of drug-likeness (QED) is 0.827. The lowest BCUT2D eigenvalue weighted by Gasteiger charge is -2.14.